The Labute approximate surface area is 150 Å². The Hall–Kier alpha value is -3.85. The first kappa shape index (κ1) is 17.0. The largest absolute Gasteiger partial charge is 0.496 e. The molecule has 1 N–H and O–H groups in total. The topological polar surface area (TPSA) is 84.2 Å². The molecule has 3 aromatic rings. The van der Waals surface area contributed by atoms with Crippen LogP contribution in [-0.2, 0) is 0 Å². The van der Waals surface area contributed by atoms with E-state index in [0.29, 0.717) is 34.2 Å². The lowest BCUT2D eigenvalue weighted by atomic mass is 10.2. The summed E-state index contributed by atoms with van der Waals surface area (Å²) in [6.45, 7) is 0. The van der Waals surface area contributed by atoms with Gasteiger partial charge in [0.25, 0.3) is 5.91 Å². The van der Waals surface area contributed by atoms with Crippen molar-refractivity contribution in [3.8, 4) is 23.4 Å². The number of amides is 1. The van der Waals surface area contributed by atoms with Gasteiger partial charge < -0.3 is 14.8 Å². The maximum atomic E-state index is 12.4. The summed E-state index contributed by atoms with van der Waals surface area (Å²) in [6, 6.07) is 19.2. The number of pyridine rings is 1. The lowest BCUT2D eigenvalue weighted by molar-refractivity contribution is 0.102. The van der Waals surface area contributed by atoms with Gasteiger partial charge in [-0.1, -0.05) is 12.1 Å². The smallest absolute Gasteiger partial charge is 0.259 e. The van der Waals surface area contributed by atoms with Gasteiger partial charge in [0, 0.05) is 18.0 Å². The Morgan fingerprint density at radius 3 is 2.50 bits per heavy atom. The van der Waals surface area contributed by atoms with E-state index in [4.69, 9.17) is 14.7 Å². The Balaban J connectivity index is 1.67. The Bertz CT molecular complexity index is 945. The summed E-state index contributed by atoms with van der Waals surface area (Å²) in [5.41, 5.74) is 1.55. The van der Waals surface area contributed by atoms with Crippen LogP contribution < -0.4 is 14.8 Å². The molecule has 1 amide bonds. The van der Waals surface area contributed by atoms with Gasteiger partial charge in [0.2, 0.25) is 5.88 Å². The molecule has 6 heteroatoms. The standard InChI is InChI=1S/C20H15N3O3/c1-25-18-5-3-2-4-17(18)20(24)23-15-7-9-16(10-8-15)26-19-11-6-14(12-21)13-22-19/h2-11,13H,1H3,(H,23,24). The first-order valence-electron chi connectivity index (χ1n) is 7.78. The molecule has 1 aromatic heterocycles. The number of nitrogens with zero attached hydrogens (tertiary/aromatic N) is 2. The highest BCUT2D eigenvalue weighted by molar-refractivity contribution is 6.06. The van der Waals surface area contributed by atoms with E-state index in [1.807, 2.05) is 6.07 Å². The number of hydrogen-bond donors (Lipinski definition) is 1. The van der Waals surface area contributed by atoms with Crippen LogP contribution in [0.4, 0.5) is 5.69 Å². The zero-order valence-corrected chi connectivity index (χ0v) is 14.0. The third kappa shape index (κ3) is 3.97. The highest BCUT2D eigenvalue weighted by Crippen LogP contribution is 2.23. The second kappa shape index (κ2) is 7.81. The summed E-state index contributed by atoms with van der Waals surface area (Å²) in [5.74, 6) is 1.20. The Morgan fingerprint density at radius 1 is 1.08 bits per heavy atom. The Kier molecular flexibility index (Phi) is 5.11. The van der Waals surface area contributed by atoms with E-state index in [-0.39, 0.29) is 5.91 Å². The van der Waals surface area contributed by atoms with Gasteiger partial charge in [0.1, 0.15) is 17.6 Å². The molecule has 3 rings (SSSR count). The molecule has 0 spiro atoms. The number of benzene rings is 2. The van der Waals surface area contributed by atoms with Gasteiger partial charge in [-0.2, -0.15) is 5.26 Å². The number of carbonyl (C=O) groups excluding carboxylic acids is 1. The van der Waals surface area contributed by atoms with Crippen LogP contribution in [0.25, 0.3) is 0 Å². The summed E-state index contributed by atoms with van der Waals surface area (Å²) in [4.78, 5) is 16.4. The molecule has 0 aliphatic heterocycles. The lowest BCUT2D eigenvalue weighted by Gasteiger charge is -2.10. The van der Waals surface area contributed by atoms with Gasteiger partial charge in [-0.25, -0.2) is 4.98 Å². The minimum atomic E-state index is -0.259. The van der Waals surface area contributed by atoms with Crippen LogP contribution in [0.1, 0.15) is 15.9 Å². The van der Waals surface area contributed by atoms with Gasteiger partial charge in [-0.05, 0) is 42.5 Å². The fourth-order valence-electron chi connectivity index (χ4n) is 2.26. The number of aromatic nitrogens is 1. The van der Waals surface area contributed by atoms with Crippen molar-refractivity contribution >= 4 is 11.6 Å². The van der Waals surface area contributed by atoms with Crippen LogP contribution in [0.2, 0.25) is 0 Å². The molecule has 1 heterocycles. The van der Waals surface area contributed by atoms with Crippen molar-refractivity contribution in [2.24, 2.45) is 0 Å². The van der Waals surface area contributed by atoms with Crippen LogP contribution in [0.3, 0.4) is 0 Å². The number of nitrogens with one attached hydrogen (secondary N) is 1. The van der Waals surface area contributed by atoms with E-state index >= 15 is 0 Å². The molecule has 128 valence electrons. The first-order chi connectivity index (χ1) is 12.7. The third-order valence-electron chi connectivity index (χ3n) is 3.55. The van der Waals surface area contributed by atoms with E-state index in [1.165, 1.54) is 13.3 Å². The molecule has 26 heavy (non-hydrogen) atoms. The van der Waals surface area contributed by atoms with Crippen molar-refractivity contribution in [2.75, 3.05) is 12.4 Å². The van der Waals surface area contributed by atoms with Gasteiger partial charge in [-0.3, -0.25) is 4.79 Å². The zero-order chi connectivity index (χ0) is 18.4. The second-order valence-electron chi connectivity index (χ2n) is 5.28. The summed E-state index contributed by atoms with van der Waals surface area (Å²) in [5, 5.41) is 11.6. The van der Waals surface area contributed by atoms with Gasteiger partial charge >= 0.3 is 0 Å². The third-order valence-corrected chi connectivity index (χ3v) is 3.55. The second-order valence-corrected chi connectivity index (χ2v) is 5.28. The summed E-state index contributed by atoms with van der Waals surface area (Å²) in [7, 11) is 1.52. The quantitative estimate of drug-likeness (QED) is 0.755. The highest BCUT2D eigenvalue weighted by Gasteiger charge is 2.11. The molecule has 0 bridgehead atoms. The van der Waals surface area contributed by atoms with E-state index in [9.17, 15) is 4.79 Å². The van der Waals surface area contributed by atoms with Crippen LogP contribution >= 0.6 is 0 Å². The number of nitriles is 1. The van der Waals surface area contributed by atoms with Crippen molar-refractivity contribution in [1.29, 1.82) is 5.26 Å². The zero-order valence-electron chi connectivity index (χ0n) is 14.0. The molecule has 0 unspecified atom stereocenters. The fourth-order valence-corrected chi connectivity index (χ4v) is 2.26. The van der Waals surface area contributed by atoms with Gasteiger partial charge in [0.05, 0.1) is 18.2 Å². The average Bonchev–Trinajstić information content (AvgIpc) is 2.70. The number of ether oxygens (including phenoxy) is 2. The molecule has 0 radical (unpaired) electrons. The van der Waals surface area contributed by atoms with E-state index in [0.717, 1.165) is 0 Å². The van der Waals surface area contributed by atoms with Crippen LogP contribution in [0, 0.1) is 11.3 Å². The molecule has 2 aromatic carbocycles. The number of hydrogen-bond acceptors (Lipinski definition) is 5. The molecular weight excluding hydrogens is 330 g/mol. The van der Waals surface area contributed by atoms with Crippen LogP contribution in [0.15, 0.2) is 66.9 Å². The summed E-state index contributed by atoms with van der Waals surface area (Å²) < 4.78 is 10.8. The molecule has 0 atom stereocenters. The van der Waals surface area contributed by atoms with E-state index in [2.05, 4.69) is 10.3 Å². The van der Waals surface area contributed by atoms with Gasteiger partial charge in [0.15, 0.2) is 0 Å². The molecular formula is C20H15N3O3. The van der Waals surface area contributed by atoms with Gasteiger partial charge in [-0.15, -0.1) is 0 Å². The normalized spacial score (nSPS) is 9.85. The maximum Gasteiger partial charge on any atom is 0.259 e. The van der Waals surface area contributed by atoms with Crippen molar-refractivity contribution < 1.29 is 14.3 Å². The van der Waals surface area contributed by atoms with Crippen LogP contribution in [-0.4, -0.2) is 18.0 Å². The highest BCUT2D eigenvalue weighted by atomic mass is 16.5. The monoisotopic (exact) mass is 345 g/mol. The van der Waals surface area contributed by atoms with Crippen molar-refractivity contribution in [3.05, 3.63) is 78.0 Å². The lowest BCUT2D eigenvalue weighted by Crippen LogP contribution is -2.12. The number of methoxy groups -OCH3 is 1. The molecule has 0 fully saturated rings. The molecule has 6 nitrogen and oxygen atoms in total. The molecule has 0 aliphatic rings. The SMILES string of the molecule is COc1ccccc1C(=O)Nc1ccc(Oc2ccc(C#N)cn2)cc1. The number of anilines is 1. The average molecular weight is 345 g/mol. The van der Waals surface area contributed by atoms with E-state index < -0.39 is 0 Å². The summed E-state index contributed by atoms with van der Waals surface area (Å²) in [6.07, 6.45) is 1.44. The molecule has 0 saturated carbocycles. The summed E-state index contributed by atoms with van der Waals surface area (Å²) >= 11 is 0. The van der Waals surface area contributed by atoms with Crippen LogP contribution in [0.5, 0.6) is 17.4 Å². The predicted octanol–water partition coefficient (Wildman–Crippen LogP) is 4.01. The van der Waals surface area contributed by atoms with E-state index in [1.54, 1.807) is 60.7 Å². The van der Waals surface area contributed by atoms with Crippen molar-refractivity contribution in [1.82, 2.24) is 4.98 Å². The first-order valence-corrected chi connectivity index (χ1v) is 7.78. The van der Waals surface area contributed by atoms with Crippen molar-refractivity contribution in [3.63, 3.8) is 0 Å². The maximum absolute atomic E-state index is 12.4. The molecule has 0 aliphatic carbocycles. The minimum Gasteiger partial charge on any atom is -0.496 e. The predicted molar refractivity (Wildman–Crippen MR) is 96.4 cm³/mol. The van der Waals surface area contributed by atoms with Crippen molar-refractivity contribution in [2.45, 2.75) is 0 Å². The number of carbonyl (C=O) groups is 1. The Morgan fingerprint density at radius 2 is 1.85 bits per heavy atom. The minimum absolute atomic E-state index is 0.259. The number of rotatable bonds is 5. The number of para-hydroxylation sites is 1. The fraction of sp³-hybridized carbons (Fsp3) is 0.0500. The molecule has 0 saturated heterocycles.